The Labute approximate surface area is 206 Å². The maximum Gasteiger partial charge on any atom is 0.290 e. The van der Waals surface area contributed by atoms with Crippen LogP contribution in [0.15, 0.2) is 51.7 Å². The van der Waals surface area contributed by atoms with Gasteiger partial charge in [0.15, 0.2) is 16.9 Å². The first-order valence-electron chi connectivity index (χ1n) is 12.9. The van der Waals surface area contributed by atoms with E-state index in [-0.39, 0.29) is 17.1 Å². The highest BCUT2D eigenvalue weighted by molar-refractivity contribution is 5.99. The zero-order chi connectivity index (χ0) is 24.8. The smallest absolute Gasteiger partial charge is 0.290 e. The van der Waals surface area contributed by atoms with E-state index >= 15 is 0 Å². The fourth-order valence-electron chi connectivity index (χ4n) is 4.69. The molecule has 1 aliphatic heterocycles. The van der Waals surface area contributed by atoms with Crippen LogP contribution in [0.3, 0.4) is 0 Å². The van der Waals surface area contributed by atoms with Crippen molar-refractivity contribution < 1.29 is 18.7 Å². The summed E-state index contributed by atoms with van der Waals surface area (Å²) < 4.78 is 17.9. The summed E-state index contributed by atoms with van der Waals surface area (Å²) in [5, 5.41) is 0.486. The van der Waals surface area contributed by atoms with Gasteiger partial charge in [0.2, 0.25) is 5.76 Å². The zero-order valence-electron chi connectivity index (χ0n) is 21.0. The van der Waals surface area contributed by atoms with E-state index in [0.717, 1.165) is 44.1 Å². The van der Waals surface area contributed by atoms with Crippen molar-refractivity contribution in [2.75, 3.05) is 19.8 Å². The summed E-state index contributed by atoms with van der Waals surface area (Å²) in [7, 11) is 0. The molecule has 0 aliphatic carbocycles. The zero-order valence-corrected chi connectivity index (χ0v) is 21.0. The van der Waals surface area contributed by atoms with E-state index in [2.05, 4.69) is 13.8 Å². The van der Waals surface area contributed by atoms with Crippen LogP contribution in [0.1, 0.15) is 87.0 Å². The molecule has 6 heteroatoms. The third-order valence-corrected chi connectivity index (χ3v) is 6.46. The number of rotatable bonds is 12. The van der Waals surface area contributed by atoms with Crippen molar-refractivity contribution in [3.8, 4) is 11.5 Å². The van der Waals surface area contributed by atoms with Crippen LogP contribution in [0.2, 0.25) is 0 Å². The molecule has 1 aromatic heterocycles. The number of ether oxygens (including phenoxy) is 2. The summed E-state index contributed by atoms with van der Waals surface area (Å²) in [6.07, 6.45) is 6.12. The Balaban J connectivity index is 1.78. The lowest BCUT2D eigenvalue weighted by atomic mass is 9.98. The van der Waals surface area contributed by atoms with Gasteiger partial charge in [-0.15, -0.1) is 0 Å². The van der Waals surface area contributed by atoms with Gasteiger partial charge in [-0.25, -0.2) is 0 Å². The topological polar surface area (TPSA) is 69.0 Å². The second kappa shape index (κ2) is 11.4. The van der Waals surface area contributed by atoms with Gasteiger partial charge in [-0.3, -0.25) is 9.59 Å². The number of fused-ring (bicyclic) bond motifs is 2. The van der Waals surface area contributed by atoms with E-state index in [9.17, 15) is 9.59 Å². The molecule has 0 spiro atoms. The standard InChI is InChI=1S/C29H35NO5/c1-4-7-11-17-30-26(20-15-16-23(24(19-20)33-6-3)34-18-12-8-5-2)25-27(31)21-13-9-10-14-22(21)35-28(25)29(30)32/h9-10,13-16,19,26H,4-8,11-12,17-18H2,1-3H3. The maximum atomic E-state index is 13.6. The van der Waals surface area contributed by atoms with Crippen molar-refractivity contribution in [1.82, 2.24) is 4.90 Å². The molecule has 1 amide bonds. The largest absolute Gasteiger partial charge is 0.490 e. The summed E-state index contributed by atoms with van der Waals surface area (Å²) in [5.41, 5.74) is 1.51. The van der Waals surface area contributed by atoms with Crippen LogP contribution in [0, 0.1) is 0 Å². The van der Waals surface area contributed by atoms with Gasteiger partial charge >= 0.3 is 0 Å². The molecule has 35 heavy (non-hydrogen) atoms. The normalized spacial score (nSPS) is 15.0. The van der Waals surface area contributed by atoms with Crippen LogP contribution in [-0.4, -0.2) is 30.6 Å². The van der Waals surface area contributed by atoms with Crippen molar-refractivity contribution in [3.63, 3.8) is 0 Å². The molecule has 0 bridgehead atoms. The minimum Gasteiger partial charge on any atom is -0.490 e. The first-order chi connectivity index (χ1) is 17.1. The molecule has 1 atom stereocenters. The summed E-state index contributed by atoms with van der Waals surface area (Å²) >= 11 is 0. The van der Waals surface area contributed by atoms with E-state index in [1.165, 1.54) is 0 Å². The van der Waals surface area contributed by atoms with Crippen molar-refractivity contribution in [3.05, 3.63) is 69.6 Å². The Bertz CT molecular complexity index is 1230. The Kier molecular flexibility index (Phi) is 8.11. The summed E-state index contributed by atoms with van der Waals surface area (Å²) in [5.74, 6) is 1.22. The highest BCUT2D eigenvalue weighted by Crippen LogP contribution is 2.41. The Morgan fingerprint density at radius 2 is 1.66 bits per heavy atom. The highest BCUT2D eigenvalue weighted by Gasteiger charge is 2.42. The molecule has 0 fully saturated rings. The second-order valence-corrected chi connectivity index (χ2v) is 8.97. The molecule has 2 heterocycles. The van der Waals surface area contributed by atoms with Gasteiger partial charge in [0.05, 0.1) is 30.2 Å². The van der Waals surface area contributed by atoms with E-state index in [4.69, 9.17) is 13.9 Å². The molecule has 1 unspecified atom stereocenters. The molecule has 6 nitrogen and oxygen atoms in total. The van der Waals surface area contributed by atoms with Gasteiger partial charge in [0.25, 0.3) is 5.91 Å². The average Bonchev–Trinajstić information content (AvgIpc) is 3.15. The lowest BCUT2D eigenvalue weighted by molar-refractivity contribution is 0.0724. The quantitative estimate of drug-likeness (QED) is 0.279. The fraction of sp³-hybridized carbons (Fsp3) is 0.448. The predicted octanol–water partition coefficient (Wildman–Crippen LogP) is 6.50. The van der Waals surface area contributed by atoms with Crippen LogP contribution >= 0.6 is 0 Å². The lowest BCUT2D eigenvalue weighted by Gasteiger charge is -2.26. The molecular weight excluding hydrogens is 442 g/mol. The van der Waals surface area contributed by atoms with E-state index in [0.29, 0.717) is 47.8 Å². The molecule has 186 valence electrons. The van der Waals surface area contributed by atoms with Crippen LogP contribution in [0.25, 0.3) is 11.0 Å². The molecule has 4 rings (SSSR count). The Morgan fingerprint density at radius 1 is 0.886 bits per heavy atom. The lowest BCUT2D eigenvalue weighted by Crippen LogP contribution is -2.30. The highest BCUT2D eigenvalue weighted by atomic mass is 16.5. The number of unbranched alkanes of at least 4 members (excludes halogenated alkanes) is 4. The SMILES string of the molecule is CCCCCOc1ccc(C2c3c(oc4ccccc4c3=O)C(=O)N2CCCCC)cc1OCC. The average molecular weight is 478 g/mol. The minimum absolute atomic E-state index is 0.146. The van der Waals surface area contributed by atoms with E-state index < -0.39 is 6.04 Å². The van der Waals surface area contributed by atoms with Gasteiger partial charge in [-0.2, -0.15) is 0 Å². The van der Waals surface area contributed by atoms with Crippen molar-refractivity contribution in [2.45, 2.75) is 65.3 Å². The van der Waals surface area contributed by atoms with Gasteiger partial charge < -0.3 is 18.8 Å². The van der Waals surface area contributed by atoms with E-state index in [1.807, 2.05) is 31.2 Å². The van der Waals surface area contributed by atoms with Gasteiger partial charge in [-0.1, -0.05) is 57.7 Å². The van der Waals surface area contributed by atoms with Gasteiger partial charge in [-0.05, 0) is 49.6 Å². The molecule has 0 saturated heterocycles. The minimum atomic E-state index is -0.524. The number of hydrogen-bond acceptors (Lipinski definition) is 5. The third-order valence-electron chi connectivity index (χ3n) is 6.46. The van der Waals surface area contributed by atoms with Crippen LogP contribution < -0.4 is 14.9 Å². The summed E-state index contributed by atoms with van der Waals surface area (Å²) in [4.78, 5) is 28.9. The summed E-state index contributed by atoms with van der Waals surface area (Å²) in [6, 6.07) is 12.3. The van der Waals surface area contributed by atoms with E-state index in [1.54, 1.807) is 23.1 Å². The molecule has 2 aromatic carbocycles. The number of benzene rings is 2. The molecular formula is C29H35NO5. The Morgan fingerprint density at radius 3 is 2.43 bits per heavy atom. The number of hydrogen-bond donors (Lipinski definition) is 0. The molecule has 1 aliphatic rings. The van der Waals surface area contributed by atoms with Crippen LogP contribution in [-0.2, 0) is 0 Å². The Hall–Kier alpha value is -3.28. The van der Waals surface area contributed by atoms with Crippen molar-refractivity contribution in [1.29, 1.82) is 0 Å². The van der Waals surface area contributed by atoms with Crippen molar-refractivity contribution >= 4 is 16.9 Å². The number of nitrogens with zero attached hydrogens (tertiary/aromatic N) is 1. The molecule has 0 N–H and O–H groups in total. The number of amides is 1. The van der Waals surface area contributed by atoms with Crippen LogP contribution in [0.4, 0.5) is 0 Å². The number of carbonyl (C=O) groups excluding carboxylic acids is 1. The van der Waals surface area contributed by atoms with Crippen molar-refractivity contribution in [2.24, 2.45) is 0 Å². The first kappa shape index (κ1) is 24.8. The monoisotopic (exact) mass is 477 g/mol. The molecule has 3 aromatic rings. The second-order valence-electron chi connectivity index (χ2n) is 8.97. The maximum absolute atomic E-state index is 13.6. The number of para-hydroxylation sites is 1. The molecule has 0 radical (unpaired) electrons. The molecule has 0 saturated carbocycles. The number of carbonyl (C=O) groups is 1. The first-order valence-corrected chi connectivity index (χ1v) is 12.9. The summed E-state index contributed by atoms with van der Waals surface area (Å²) in [6.45, 7) is 7.88. The fourth-order valence-corrected chi connectivity index (χ4v) is 4.69. The van der Waals surface area contributed by atoms with Gasteiger partial charge in [0.1, 0.15) is 5.58 Å². The third kappa shape index (κ3) is 5.07. The van der Waals surface area contributed by atoms with Gasteiger partial charge in [0, 0.05) is 6.54 Å². The van der Waals surface area contributed by atoms with Crippen LogP contribution in [0.5, 0.6) is 11.5 Å². The predicted molar refractivity (Wildman–Crippen MR) is 138 cm³/mol.